The molecule has 0 spiro atoms. The number of alkyl halides is 1. The van der Waals surface area contributed by atoms with E-state index in [9.17, 15) is 0 Å². The van der Waals surface area contributed by atoms with Gasteiger partial charge in [0.1, 0.15) is 0 Å². The van der Waals surface area contributed by atoms with E-state index in [1.165, 1.54) is 0 Å². The second-order valence-electron chi connectivity index (χ2n) is 1.43. The van der Waals surface area contributed by atoms with Gasteiger partial charge in [-0.2, -0.15) is 0 Å². The van der Waals surface area contributed by atoms with Crippen molar-refractivity contribution in [2.75, 3.05) is 0 Å². The monoisotopic (exact) mass is 183 g/mol. The molecule has 0 heterocycles. The van der Waals surface area contributed by atoms with Gasteiger partial charge in [-0.05, 0) is 6.42 Å². The summed E-state index contributed by atoms with van der Waals surface area (Å²) in [5, 5.41) is 2.04. The van der Waals surface area contributed by atoms with Crippen LogP contribution in [0.3, 0.4) is 0 Å². The maximum atomic E-state index is 5.66. The van der Waals surface area contributed by atoms with Crippen LogP contribution in [0.4, 0.5) is 0 Å². The fourth-order valence-electron chi connectivity index (χ4n) is 0.339. The molecule has 0 aliphatic carbocycles. The molecule has 0 N–H and O–H groups in total. The maximum Gasteiger partial charge on any atom is 0.0472 e. The van der Waals surface area contributed by atoms with Gasteiger partial charge in [0, 0.05) is 10.7 Å². The van der Waals surface area contributed by atoms with Gasteiger partial charge in [-0.3, -0.25) is 0 Å². The van der Waals surface area contributed by atoms with Crippen LogP contribution in [0.15, 0.2) is 0 Å². The van der Waals surface area contributed by atoms with Crippen LogP contribution in [0.1, 0.15) is 19.8 Å². The van der Waals surface area contributed by atoms with Crippen molar-refractivity contribution < 1.29 is 0 Å². The van der Waals surface area contributed by atoms with Gasteiger partial charge in [-0.25, -0.2) is 0 Å². The minimum absolute atomic E-state index is 0.213. The Kier molecular flexibility index (Phi) is 5.46. The zero-order valence-corrected chi connectivity index (χ0v) is 6.67. The molecule has 0 fully saturated rings. The van der Waals surface area contributed by atoms with Crippen LogP contribution in [0.5, 0.6) is 0 Å². The van der Waals surface area contributed by atoms with Crippen molar-refractivity contribution in [2.24, 2.45) is 0 Å². The van der Waals surface area contributed by atoms with Crippen LogP contribution in [0.25, 0.3) is 0 Å². The van der Waals surface area contributed by atoms with Gasteiger partial charge in [-0.15, -0.1) is 11.6 Å². The number of rotatable bonds is 3. The molecule has 0 aliphatic rings. The Morgan fingerprint density at radius 3 is 2.57 bits per heavy atom. The molecule has 0 aromatic heterocycles. The highest BCUT2D eigenvalue weighted by molar-refractivity contribution is 9.10. The van der Waals surface area contributed by atoms with E-state index < -0.39 is 0 Å². The average molecular weight is 184 g/mol. The predicted octanol–water partition coefficient (Wildman–Crippen LogP) is 2.95. The highest BCUT2D eigenvalue weighted by Gasteiger charge is 1.97. The van der Waals surface area contributed by atoms with E-state index in [0.717, 1.165) is 12.8 Å². The van der Waals surface area contributed by atoms with Crippen molar-refractivity contribution in [1.29, 1.82) is 0 Å². The molecule has 0 rings (SSSR count). The molecule has 0 saturated heterocycles. The zero-order valence-electron chi connectivity index (χ0n) is 4.32. The SMILES string of the molecule is CCCC(Cl)[CH]Br. The topological polar surface area (TPSA) is 0 Å². The third kappa shape index (κ3) is 4.63. The molecule has 0 amide bonds. The summed E-state index contributed by atoms with van der Waals surface area (Å²) in [5.74, 6) is 0. The van der Waals surface area contributed by atoms with Crippen molar-refractivity contribution >= 4 is 27.5 Å². The molecule has 0 aromatic carbocycles. The average Bonchev–Trinajstić information content (AvgIpc) is 1.68. The lowest BCUT2D eigenvalue weighted by molar-refractivity contribution is 0.815. The highest BCUT2D eigenvalue weighted by Crippen LogP contribution is 2.11. The molecule has 1 radical (unpaired) electrons. The van der Waals surface area contributed by atoms with Gasteiger partial charge in [0.15, 0.2) is 0 Å². The second kappa shape index (κ2) is 4.92. The highest BCUT2D eigenvalue weighted by atomic mass is 79.9. The lowest BCUT2D eigenvalue weighted by Crippen LogP contribution is -1.91. The molecule has 0 saturated carbocycles. The first-order chi connectivity index (χ1) is 3.31. The molecular weight excluding hydrogens is 175 g/mol. The third-order valence-electron chi connectivity index (χ3n) is 0.701. The van der Waals surface area contributed by atoms with Crippen LogP contribution in [0.2, 0.25) is 0 Å². The lowest BCUT2D eigenvalue weighted by atomic mass is 10.3. The predicted molar refractivity (Wildman–Crippen MR) is 37.8 cm³/mol. The van der Waals surface area contributed by atoms with Gasteiger partial charge in [0.25, 0.3) is 0 Å². The van der Waals surface area contributed by atoms with E-state index in [-0.39, 0.29) is 5.38 Å². The molecule has 1 atom stereocenters. The van der Waals surface area contributed by atoms with E-state index in [4.69, 9.17) is 11.6 Å². The molecular formula is C5H9BrCl. The van der Waals surface area contributed by atoms with Crippen molar-refractivity contribution in [2.45, 2.75) is 25.1 Å². The van der Waals surface area contributed by atoms with Crippen molar-refractivity contribution in [3.8, 4) is 0 Å². The van der Waals surface area contributed by atoms with Crippen LogP contribution < -0.4 is 0 Å². The number of hydrogen-bond donors (Lipinski definition) is 0. The summed E-state index contributed by atoms with van der Waals surface area (Å²) in [7, 11) is 0. The summed E-state index contributed by atoms with van der Waals surface area (Å²) >= 11 is 8.82. The molecule has 1 unspecified atom stereocenters. The summed E-state index contributed by atoms with van der Waals surface area (Å²) in [6.07, 6.45) is 2.21. The van der Waals surface area contributed by atoms with Crippen LogP contribution in [0, 0.1) is 5.33 Å². The van der Waals surface area contributed by atoms with Crippen molar-refractivity contribution in [1.82, 2.24) is 0 Å². The lowest BCUT2D eigenvalue weighted by Gasteiger charge is -1.98. The Morgan fingerprint density at radius 1 is 1.86 bits per heavy atom. The molecule has 0 aliphatic heterocycles. The third-order valence-corrected chi connectivity index (χ3v) is 1.99. The van der Waals surface area contributed by atoms with E-state index in [0.29, 0.717) is 0 Å². The molecule has 2 heteroatoms. The molecule has 7 heavy (non-hydrogen) atoms. The van der Waals surface area contributed by atoms with E-state index in [2.05, 4.69) is 22.9 Å². The first kappa shape index (κ1) is 7.77. The molecule has 43 valence electrons. The fraction of sp³-hybridized carbons (Fsp3) is 0.800. The van der Waals surface area contributed by atoms with Crippen LogP contribution in [-0.2, 0) is 0 Å². The van der Waals surface area contributed by atoms with E-state index in [1.54, 1.807) is 0 Å². The van der Waals surface area contributed by atoms with Gasteiger partial charge in [0.2, 0.25) is 0 Å². The fourth-order valence-corrected chi connectivity index (χ4v) is 0.821. The molecule has 0 nitrogen and oxygen atoms in total. The smallest absolute Gasteiger partial charge is 0.0472 e. The summed E-state index contributed by atoms with van der Waals surface area (Å²) in [4.78, 5) is 0. The Morgan fingerprint density at radius 2 is 2.43 bits per heavy atom. The van der Waals surface area contributed by atoms with E-state index in [1.807, 2.05) is 5.33 Å². The van der Waals surface area contributed by atoms with Gasteiger partial charge in [0.05, 0.1) is 0 Å². The Balaban J connectivity index is 2.83. The summed E-state index contributed by atoms with van der Waals surface area (Å²) in [5.41, 5.74) is 0. The number of hydrogen-bond acceptors (Lipinski definition) is 0. The van der Waals surface area contributed by atoms with Gasteiger partial charge in [-0.1, -0.05) is 29.3 Å². The van der Waals surface area contributed by atoms with Gasteiger partial charge < -0.3 is 0 Å². The van der Waals surface area contributed by atoms with Crippen LogP contribution in [-0.4, -0.2) is 5.38 Å². The Bertz CT molecular complexity index is 39.1. The summed E-state index contributed by atoms with van der Waals surface area (Å²) < 4.78 is 0. The quantitative estimate of drug-likeness (QED) is 0.592. The minimum Gasteiger partial charge on any atom is -0.122 e. The maximum absolute atomic E-state index is 5.66. The zero-order chi connectivity index (χ0) is 5.70. The summed E-state index contributed by atoms with van der Waals surface area (Å²) in [6, 6.07) is 0. The van der Waals surface area contributed by atoms with Crippen LogP contribution >= 0.6 is 27.5 Å². The van der Waals surface area contributed by atoms with Crippen molar-refractivity contribution in [3.05, 3.63) is 5.33 Å². The van der Waals surface area contributed by atoms with Crippen molar-refractivity contribution in [3.63, 3.8) is 0 Å². The normalized spacial score (nSPS) is 14.1. The first-order valence-electron chi connectivity index (χ1n) is 2.39. The first-order valence-corrected chi connectivity index (χ1v) is 3.74. The largest absolute Gasteiger partial charge is 0.122 e. The number of halogens is 2. The molecule has 0 bridgehead atoms. The summed E-state index contributed by atoms with van der Waals surface area (Å²) in [6.45, 7) is 2.12. The van der Waals surface area contributed by atoms with Gasteiger partial charge >= 0.3 is 0 Å². The second-order valence-corrected chi connectivity index (χ2v) is 2.52. The van der Waals surface area contributed by atoms with E-state index >= 15 is 0 Å². The standard InChI is InChI=1S/C5H9BrCl/c1-2-3-5(7)4-6/h4-5H,2-3H2,1H3. The molecule has 0 aromatic rings. The Labute approximate surface area is 58.4 Å². The Hall–Kier alpha value is 0.770. The minimum atomic E-state index is 0.213.